The van der Waals surface area contributed by atoms with Gasteiger partial charge in [0, 0.05) is 24.3 Å². The molecular weight excluding hydrogens is 396 g/mol. The maximum Gasteiger partial charge on any atom is 0.254 e. The van der Waals surface area contributed by atoms with Crippen LogP contribution in [0.1, 0.15) is 49.7 Å². The molecule has 168 valence electrons. The van der Waals surface area contributed by atoms with Gasteiger partial charge in [0.15, 0.2) is 0 Å². The number of benzene rings is 1. The molecular formula is C24H32N2O5. The minimum atomic E-state index is -0.535. The molecule has 0 aliphatic carbocycles. The standard InChI is InChI=1S/C24H32N2O5/c1-24(2,3)26(23(28)18-9-11-19(29-4)12-10-18)17-22(27)25(15-20-7-5-13-30-20)16-21-8-6-14-31-21/h5,7,9-13,21H,6,8,14-17H2,1-4H3/t21-/m0/s1. The Morgan fingerprint density at radius 3 is 2.45 bits per heavy atom. The Labute approximate surface area is 183 Å². The molecule has 7 nitrogen and oxygen atoms in total. The van der Waals surface area contributed by atoms with E-state index in [2.05, 4.69) is 0 Å². The number of rotatable bonds is 8. The second kappa shape index (κ2) is 10.0. The van der Waals surface area contributed by atoms with Crippen molar-refractivity contribution in [2.24, 2.45) is 0 Å². The third kappa shape index (κ3) is 6.10. The first-order valence-electron chi connectivity index (χ1n) is 10.7. The Hall–Kier alpha value is -2.80. The highest BCUT2D eigenvalue weighted by atomic mass is 16.5. The molecule has 31 heavy (non-hydrogen) atoms. The van der Waals surface area contributed by atoms with Crippen molar-refractivity contribution >= 4 is 11.8 Å². The van der Waals surface area contributed by atoms with E-state index in [9.17, 15) is 9.59 Å². The van der Waals surface area contributed by atoms with Crippen LogP contribution in [0.15, 0.2) is 47.1 Å². The van der Waals surface area contributed by atoms with Crippen molar-refractivity contribution < 1.29 is 23.5 Å². The summed E-state index contributed by atoms with van der Waals surface area (Å²) < 4.78 is 16.4. The van der Waals surface area contributed by atoms with Gasteiger partial charge in [-0.25, -0.2) is 0 Å². The maximum absolute atomic E-state index is 13.4. The van der Waals surface area contributed by atoms with Crippen LogP contribution in [-0.2, 0) is 16.1 Å². The minimum absolute atomic E-state index is 0.0132. The fraction of sp³-hybridized carbons (Fsp3) is 0.500. The quantitative estimate of drug-likeness (QED) is 0.641. The number of nitrogens with zero attached hydrogens (tertiary/aromatic N) is 2. The molecule has 3 rings (SSSR count). The van der Waals surface area contributed by atoms with E-state index >= 15 is 0 Å². The monoisotopic (exact) mass is 428 g/mol. The predicted molar refractivity (Wildman–Crippen MR) is 117 cm³/mol. The van der Waals surface area contributed by atoms with Crippen molar-refractivity contribution in [3.05, 3.63) is 54.0 Å². The second-order valence-corrected chi connectivity index (χ2v) is 8.78. The average molecular weight is 429 g/mol. The molecule has 0 radical (unpaired) electrons. The lowest BCUT2D eigenvalue weighted by Gasteiger charge is -2.37. The van der Waals surface area contributed by atoms with Gasteiger partial charge in [0.05, 0.1) is 26.0 Å². The highest BCUT2D eigenvalue weighted by Gasteiger charge is 2.32. The predicted octanol–water partition coefficient (Wildman–Crippen LogP) is 3.74. The normalized spacial score (nSPS) is 16.2. The van der Waals surface area contributed by atoms with E-state index in [0.29, 0.717) is 30.2 Å². The number of furan rings is 1. The zero-order valence-electron chi connectivity index (χ0n) is 18.8. The van der Waals surface area contributed by atoms with Gasteiger partial charge < -0.3 is 23.7 Å². The second-order valence-electron chi connectivity index (χ2n) is 8.78. The number of methoxy groups -OCH3 is 1. The van der Waals surface area contributed by atoms with E-state index in [0.717, 1.165) is 19.4 Å². The van der Waals surface area contributed by atoms with Gasteiger partial charge >= 0.3 is 0 Å². The summed E-state index contributed by atoms with van der Waals surface area (Å²) in [4.78, 5) is 30.0. The third-order valence-corrected chi connectivity index (χ3v) is 5.41. The first kappa shape index (κ1) is 22.9. The number of ether oxygens (including phenoxy) is 2. The van der Waals surface area contributed by atoms with E-state index in [-0.39, 0.29) is 24.5 Å². The molecule has 0 N–H and O–H groups in total. The molecule has 1 atom stereocenters. The van der Waals surface area contributed by atoms with Crippen LogP contribution >= 0.6 is 0 Å². The summed E-state index contributed by atoms with van der Waals surface area (Å²) in [5.74, 6) is 1.05. The van der Waals surface area contributed by atoms with Gasteiger partial charge in [-0.1, -0.05) is 0 Å². The van der Waals surface area contributed by atoms with Crippen molar-refractivity contribution in [2.75, 3.05) is 26.8 Å². The van der Waals surface area contributed by atoms with Crippen LogP contribution in [0.4, 0.5) is 0 Å². The van der Waals surface area contributed by atoms with Crippen molar-refractivity contribution in [3.63, 3.8) is 0 Å². The number of carbonyl (C=O) groups is 2. The van der Waals surface area contributed by atoms with Crippen molar-refractivity contribution in [1.29, 1.82) is 0 Å². The molecule has 1 aromatic carbocycles. The minimum Gasteiger partial charge on any atom is -0.497 e. The van der Waals surface area contributed by atoms with Crippen molar-refractivity contribution in [2.45, 2.75) is 51.8 Å². The maximum atomic E-state index is 13.4. The Morgan fingerprint density at radius 2 is 1.90 bits per heavy atom. The molecule has 0 saturated carbocycles. The van der Waals surface area contributed by atoms with Gasteiger partial charge in [0.25, 0.3) is 5.91 Å². The zero-order chi connectivity index (χ0) is 22.4. The average Bonchev–Trinajstić information content (AvgIpc) is 3.44. The molecule has 1 fully saturated rings. The van der Waals surface area contributed by atoms with Crippen LogP contribution in [0.25, 0.3) is 0 Å². The van der Waals surface area contributed by atoms with E-state index in [1.54, 1.807) is 53.5 Å². The molecule has 2 heterocycles. The zero-order valence-corrected chi connectivity index (χ0v) is 18.8. The van der Waals surface area contributed by atoms with E-state index in [1.165, 1.54) is 0 Å². The molecule has 7 heteroatoms. The summed E-state index contributed by atoms with van der Waals surface area (Å²) in [6.45, 7) is 7.31. The summed E-state index contributed by atoms with van der Waals surface area (Å²) in [7, 11) is 1.58. The van der Waals surface area contributed by atoms with Crippen molar-refractivity contribution in [1.82, 2.24) is 9.80 Å². The highest BCUT2D eigenvalue weighted by Crippen LogP contribution is 2.21. The third-order valence-electron chi connectivity index (χ3n) is 5.41. The van der Waals surface area contributed by atoms with E-state index in [1.807, 2.05) is 26.8 Å². The molecule has 2 aromatic rings. The summed E-state index contributed by atoms with van der Waals surface area (Å²) >= 11 is 0. The lowest BCUT2D eigenvalue weighted by molar-refractivity contribution is -0.135. The molecule has 1 aromatic heterocycles. The lowest BCUT2D eigenvalue weighted by atomic mass is 10.0. The smallest absolute Gasteiger partial charge is 0.254 e. The van der Waals surface area contributed by atoms with Gasteiger partial charge in [0.1, 0.15) is 18.1 Å². The largest absolute Gasteiger partial charge is 0.497 e. The van der Waals surface area contributed by atoms with Crippen LogP contribution in [0.2, 0.25) is 0 Å². The molecule has 2 amide bonds. The topological polar surface area (TPSA) is 72.2 Å². The van der Waals surface area contributed by atoms with Crippen LogP contribution in [-0.4, -0.2) is 60.1 Å². The molecule has 0 bridgehead atoms. The Kier molecular flexibility index (Phi) is 7.38. The van der Waals surface area contributed by atoms with Crippen LogP contribution < -0.4 is 4.74 Å². The molecule has 1 saturated heterocycles. The van der Waals surface area contributed by atoms with Crippen molar-refractivity contribution in [3.8, 4) is 5.75 Å². The van der Waals surface area contributed by atoms with Crippen LogP contribution in [0.3, 0.4) is 0 Å². The first-order chi connectivity index (χ1) is 14.8. The van der Waals surface area contributed by atoms with E-state index in [4.69, 9.17) is 13.9 Å². The Balaban J connectivity index is 1.77. The Morgan fingerprint density at radius 1 is 1.16 bits per heavy atom. The Bertz CT molecular complexity index is 849. The summed E-state index contributed by atoms with van der Waals surface area (Å²) in [6, 6.07) is 10.6. The highest BCUT2D eigenvalue weighted by molar-refractivity contribution is 5.97. The molecule has 0 spiro atoms. The van der Waals surface area contributed by atoms with Gasteiger partial charge in [-0.2, -0.15) is 0 Å². The fourth-order valence-electron chi connectivity index (χ4n) is 3.62. The summed E-state index contributed by atoms with van der Waals surface area (Å²) in [6.07, 6.45) is 3.53. The molecule has 1 aliphatic heterocycles. The number of amides is 2. The number of hydrogen-bond donors (Lipinski definition) is 0. The lowest BCUT2D eigenvalue weighted by Crippen LogP contribution is -2.51. The fourth-order valence-corrected chi connectivity index (χ4v) is 3.62. The first-order valence-corrected chi connectivity index (χ1v) is 10.7. The van der Waals surface area contributed by atoms with Gasteiger partial charge in [0.2, 0.25) is 5.91 Å². The van der Waals surface area contributed by atoms with E-state index < -0.39 is 5.54 Å². The van der Waals surface area contributed by atoms with Gasteiger partial charge in [-0.3, -0.25) is 9.59 Å². The summed E-state index contributed by atoms with van der Waals surface area (Å²) in [5.41, 5.74) is -0.0207. The molecule has 0 unspecified atom stereocenters. The van der Waals surface area contributed by atoms with Gasteiger partial charge in [-0.05, 0) is 70.0 Å². The van der Waals surface area contributed by atoms with Gasteiger partial charge in [-0.15, -0.1) is 0 Å². The van der Waals surface area contributed by atoms with Crippen LogP contribution in [0, 0.1) is 0 Å². The van der Waals surface area contributed by atoms with Crippen LogP contribution in [0.5, 0.6) is 5.75 Å². The number of hydrogen-bond acceptors (Lipinski definition) is 5. The number of carbonyl (C=O) groups excluding carboxylic acids is 2. The SMILES string of the molecule is COc1ccc(C(=O)N(CC(=O)N(Cc2ccco2)C[C@@H]2CCCO2)C(C)(C)C)cc1. The summed E-state index contributed by atoms with van der Waals surface area (Å²) in [5, 5.41) is 0. The molecule has 1 aliphatic rings.